The topological polar surface area (TPSA) is 70.1 Å². The Morgan fingerprint density at radius 1 is 1.16 bits per heavy atom. The molecule has 2 aromatic rings. The van der Waals surface area contributed by atoms with E-state index in [0.717, 1.165) is 0 Å². The highest BCUT2D eigenvalue weighted by molar-refractivity contribution is 6.46. The lowest BCUT2D eigenvalue weighted by atomic mass is 9.95. The molecule has 7 heteroatoms. The zero-order valence-electron chi connectivity index (χ0n) is 17.5. The Hall–Kier alpha value is -3.09. The van der Waals surface area contributed by atoms with E-state index in [9.17, 15) is 14.7 Å². The van der Waals surface area contributed by atoms with Crippen LogP contribution < -0.4 is 4.74 Å². The van der Waals surface area contributed by atoms with E-state index in [0.29, 0.717) is 41.6 Å². The van der Waals surface area contributed by atoms with Crippen LogP contribution in [-0.4, -0.2) is 60.4 Å². The minimum Gasteiger partial charge on any atom is -0.507 e. The summed E-state index contributed by atoms with van der Waals surface area (Å²) < 4.78 is 5.46. The lowest BCUT2D eigenvalue weighted by molar-refractivity contribution is -0.140. The number of ether oxygens (including phenoxy) is 1. The van der Waals surface area contributed by atoms with Gasteiger partial charge in [0, 0.05) is 23.7 Å². The summed E-state index contributed by atoms with van der Waals surface area (Å²) >= 11 is 6.03. The fraction of sp³-hybridized carbons (Fsp3) is 0.250. The zero-order valence-corrected chi connectivity index (χ0v) is 18.3. The van der Waals surface area contributed by atoms with Crippen LogP contribution in [0.4, 0.5) is 0 Å². The van der Waals surface area contributed by atoms with Crippen LogP contribution in [0.5, 0.6) is 5.75 Å². The van der Waals surface area contributed by atoms with Crippen molar-refractivity contribution in [1.82, 2.24) is 9.80 Å². The first-order valence-corrected chi connectivity index (χ1v) is 10.2. The van der Waals surface area contributed by atoms with E-state index in [-0.39, 0.29) is 11.3 Å². The van der Waals surface area contributed by atoms with Crippen LogP contribution >= 0.6 is 11.6 Å². The average molecular weight is 441 g/mol. The van der Waals surface area contributed by atoms with Gasteiger partial charge in [-0.25, -0.2) is 0 Å². The third kappa shape index (κ3) is 4.98. The minimum atomic E-state index is -0.705. The Kier molecular flexibility index (Phi) is 7.15. The molecule has 31 heavy (non-hydrogen) atoms. The molecule has 1 aliphatic heterocycles. The molecule has 1 atom stereocenters. The van der Waals surface area contributed by atoms with E-state index in [1.54, 1.807) is 54.6 Å². The predicted molar refractivity (Wildman–Crippen MR) is 121 cm³/mol. The van der Waals surface area contributed by atoms with Gasteiger partial charge in [-0.15, -0.1) is 0 Å². The summed E-state index contributed by atoms with van der Waals surface area (Å²) in [6, 6.07) is 12.9. The molecule has 0 spiro atoms. The molecule has 1 unspecified atom stereocenters. The summed E-state index contributed by atoms with van der Waals surface area (Å²) in [5.74, 6) is -0.949. The van der Waals surface area contributed by atoms with Crippen molar-refractivity contribution in [2.24, 2.45) is 0 Å². The van der Waals surface area contributed by atoms with Crippen LogP contribution in [0.15, 0.2) is 66.8 Å². The number of hydrogen-bond acceptors (Lipinski definition) is 5. The number of rotatable bonds is 8. The lowest BCUT2D eigenvalue weighted by Crippen LogP contribution is -2.35. The predicted octanol–water partition coefficient (Wildman–Crippen LogP) is 3.89. The molecule has 0 bridgehead atoms. The zero-order chi connectivity index (χ0) is 22.5. The van der Waals surface area contributed by atoms with Gasteiger partial charge in [-0.1, -0.05) is 36.4 Å². The fourth-order valence-electron chi connectivity index (χ4n) is 3.43. The number of ketones is 1. The third-order valence-electron chi connectivity index (χ3n) is 5.01. The normalized spacial score (nSPS) is 17.9. The number of nitrogens with zero attached hydrogens (tertiary/aromatic N) is 2. The van der Waals surface area contributed by atoms with Crippen LogP contribution in [0.2, 0.25) is 5.02 Å². The van der Waals surface area contributed by atoms with Gasteiger partial charge >= 0.3 is 0 Å². The molecule has 1 N–H and O–H groups in total. The Morgan fingerprint density at radius 2 is 1.81 bits per heavy atom. The monoisotopic (exact) mass is 440 g/mol. The molecular formula is C24H25ClN2O4. The molecule has 2 aromatic carbocycles. The molecule has 1 fully saturated rings. The third-order valence-corrected chi connectivity index (χ3v) is 5.26. The van der Waals surface area contributed by atoms with Gasteiger partial charge in [0.15, 0.2) is 0 Å². The van der Waals surface area contributed by atoms with Gasteiger partial charge in [0.25, 0.3) is 11.7 Å². The number of carbonyl (C=O) groups excluding carboxylic acids is 2. The number of likely N-dealkylation sites (tertiary alicyclic amines) is 1. The van der Waals surface area contributed by atoms with Gasteiger partial charge in [-0.2, -0.15) is 0 Å². The van der Waals surface area contributed by atoms with Gasteiger partial charge < -0.3 is 19.6 Å². The van der Waals surface area contributed by atoms with Gasteiger partial charge in [-0.3, -0.25) is 9.59 Å². The van der Waals surface area contributed by atoms with Crippen LogP contribution in [0.3, 0.4) is 0 Å². The van der Waals surface area contributed by atoms with Crippen molar-refractivity contribution >= 4 is 29.1 Å². The summed E-state index contributed by atoms with van der Waals surface area (Å²) in [5, 5.41) is 11.6. The summed E-state index contributed by atoms with van der Waals surface area (Å²) in [4.78, 5) is 29.2. The molecule has 6 nitrogen and oxygen atoms in total. The largest absolute Gasteiger partial charge is 0.507 e. The van der Waals surface area contributed by atoms with Crippen molar-refractivity contribution in [2.75, 3.05) is 33.8 Å². The lowest BCUT2D eigenvalue weighted by Gasteiger charge is -2.26. The molecule has 0 aromatic heterocycles. The molecule has 3 rings (SSSR count). The van der Waals surface area contributed by atoms with E-state index >= 15 is 0 Å². The first kappa shape index (κ1) is 22.6. The SMILES string of the molecule is C=CCOc1ccc(/C(O)=C2\C(=O)C(=O)N(CCN(C)C)C2c2ccc(Cl)cc2)cc1. The number of hydrogen-bond donors (Lipinski definition) is 1. The molecule has 0 radical (unpaired) electrons. The molecule has 162 valence electrons. The van der Waals surface area contributed by atoms with Gasteiger partial charge in [-0.05, 0) is 56.1 Å². The van der Waals surface area contributed by atoms with Crippen LogP contribution in [0.1, 0.15) is 17.2 Å². The summed E-state index contributed by atoms with van der Waals surface area (Å²) in [6.07, 6.45) is 1.63. The molecule has 1 amide bonds. The summed E-state index contributed by atoms with van der Waals surface area (Å²) in [6.45, 7) is 4.89. The second kappa shape index (κ2) is 9.81. The van der Waals surface area contributed by atoms with Crippen molar-refractivity contribution in [3.8, 4) is 5.75 Å². The van der Waals surface area contributed by atoms with Crippen molar-refractivity contribution < 1.29 is 19.4 Å². The first-order valence-electron chi connectivity index (χ1n) is 9.86. The molecule has 1 heterocycles. The van der Waals surface area contributed by atoms with Gasteiger partial charge in [0.1, 0.15) is 18.1 Å². The van der Waals surface area contributed by atoms with E-state index in [1.807, 2.05) is 19.0 Å². The maximum atomic E-state index is 12.9. The quantitative estimate of drug-likeness (QED) is 0.292. The van der Waals surface area contributed by atoms with Crippen molar-refractivity contribution in [3.63, 3.8) is 0 Å². The van der Waals surface area contributed by atoms with Crippen LogP contribution in [0.25, 0.3) is 5.76 Å². The highest BCUT2D eigenvalue weighted by atomic mass is 35.5. The Labute approximate surface area is 187 Å². The Morgan fingerprint density at radius 3 is 2.39 bits per heavy atom. The number of aliphatic hydroxyl groups excluding tert-OH is 1. The Bertz CT molecular complexity index is 997. The average Bonchev–Trinajstić information content (AvgIpc) is 3.01. The molecule has 1 aliphatic rings. The number of likely N-dealkylation sites (N-methyl/N-ethyl adjacent to an activating group) is 1. The maximum Gasteiger partial charge on any atom is 0.295 e. The standard InChI is InChI=1S/C24H25ClN2O4/c1-4-15-31-19-11-7-17(8-12-19)22(28)20-21(16-5-9-18(25)10-6-16)27(14-13-26(2)3)24(30)23(20)29/h4-12,21,28H,1,13-15H2,2-3H3/b22-20+. The van der Waals surface area contributed by atoms with Gasteiger partial charge in [0.05, 0.1) is 11.6 Å². The molecule has 1 saturated heterocycles. The Balaban J connectivity index is 2.05. The smallest absolute Gasteiger partial charge is 0.295 e. The van der Waals surface area contributed by atoms with E-state index in [1.165, 1.54) is 4.90 Å². The molecular weight excluding hydrogens is 416 g/mol. The van der Waals surface area contributed by atoms with Gasteiger partial charge in [0.2, 0.25) is 0 Å². The molecule has 0 aliphatic carbocycles. The number of halogens is 1. The first-order chi connectivity index (χ1) is 14.8. The van der Waals surface area contributed by atoms with E-state index in [4.69, 9.17) is 16.3 Å². The number of Topliss-reactive ketones (excluding diaryl/α,β-unsaturated/α-hetero) is 1. The number of aliphatic hydroxyl groups is 1. The number of amides is 1. The number of benzene rings is 2. The summed E-state index contributed by atoms with van der Waals surface area (Å²) in [7, 11) is 3.79. The van der Waals surface area contributed by atoms with Crippen molar-refractivity contribution in [1.29, 1.82) is 0 Å². The van der Waals surface area contributed by atoms with Crippen molar-refractivity contribution in [2.45, 2.75) is 6.04 Å². The second-order valence-corrected chi connectivity index (χ2v) is 7.91. The highest BCUT2D eigenvalue weighted by Crippen LogP contribution is 2.39. The van der Waals surface area contributed by atoms with Crippen LogP contribution in [0, 0.1) is 0 Å². The minimum absolute atomic E-state index is 0.0610. The highest BCUT2D eigenvalue weighted by Gasteiger charge is 2.45. The van der Waals surface area contributed by atoms with Crippen LogP contribution in [-0.2, 0) is 9.59 Å². The van der Waals surface area contributed by atoms with E-state index < -0.39 is 17.7 Å². The molecule has 0 saturated carbocycles. The summed E-state index contributed by atoms with van der Waals surface area (Å²) in [5.41, 5.74) is 1.19. The second-order valence-electron chi connectivity index (χ2n) is 7.47. The fourth-order valence-corrected chi connectivity index (χ4v) is 3.56. The maximum absolute atomic E-state index is 12.9. The van der Waals surface area contributed by atoms with E-state index in [2.05, 4.69) is 6.58 Å². The number of carbonyl (C=O) groups is 2. The van der Waals surface area contributed by atoms with Crippen molar-refractivity contribution in [3.05, 3.63) is 82.9 Å².